The summed E-state index contributed by atoms with van der Waals surface area (Å²) in [6.45, 7) is 0. The summed E-state index contributed by atoms with van der Waals surface area (Å²) in [7, 11) is 0. The third-order valence-corrected chi connectivity index (χ3v) is 20.9. The molecule has 0 aliphatic heterocycles. The van der Waals surface area contributed by atoms with Crippen molar-refractivity contribution in [3.05, 3.63) is 0 Å². The van der Waals surface area contributed by atoms with E-state index < -0.39 is 0 Å². The summed E-state index contributed by atoms with van der Waals surface area (Å²) >= 11 is 0. The summed E-state index contributed by atoms with van der Waals surface area (Å²) in [4.78, 5) is 0. The second kappa shape index (κ2) is 7.51. The molecule has 0 aromatic carbocycles. The molecule has 0 heterocycles. The third-order valence-electron chi connectivity index (χ3n) is 20.9. The lowest BCUT2D eigenvalue weighted by Gasteiger charge is -3.03. The molecule has 17 fully saturated rings. The van der Waals surface area contributed by atoms with E-state index >= 15 is 0 Å². The van der Waals surface area contributed by atoms with Crippen molar-refractivity contribution >= 4 is 0 Å². The van der Waals surface area contributed by atoms with Gasteiger partial charge in [0.15, 0.2) is 0 Å². The molecule has 8 bridgehead atoms. The maximum atomic E-state index is 1.68. The Morgan fingerprint density at radius 3 is 1.56 bits per heavy atom. The van der Waals surface area contributed by atoms with E-state index in [1.54, 1.807) is 116 Å². The molecule has 15 unspecified atom stereocenters. The maximum absolute atomic E-state index is 1.68. The van der Waals surface area contributed by atoms with Gasteiger partial charge < -0.3 is 0 Å². The SMILES string of the molecule is C12C3C4C1C1C2C3C41.C1C2C3CC4C5CC3C1C5C24.C1CC2CC3CCCC3(C1)C2.C1CCC2C3CCC2C(C1)C3. The highest BCUT2D eigenvalue weighted by atomic mass is 15.0. The maximum Gasteiger partial charge on any atom is -0.0266 e. The lowest BCUT2D eigenvalue weighted by atomic mass is 9.01. The Morgan fingerprint density at radius 1 is 0.341 bits per heavy atom. The monoisotopic (exact) mass is 550 g/mol. The molecule has 17 aliphatic carbocycles. The number of fused-ring (bicyclic) bond motifs is 3. The van der Waals surface area contributed by atoms with Crippen molar-refractivity contribution < 1.29 is 0 Å². The van der Waals surface area contributed by atoms with Crippen LogP contribution in [0.5, 0.6) is 0 Å². The summed E-state index contributed by atoms with van der Waals surface area (Å²) in [6, 6.07) is 0. The van der Waals surface area contributed by atoms with Gasteiger partial charge in [-0.25, -0.2) is 0 Å². The van der Waals surface area contributed by atoms with Gasteiger partial charge >= 0.3 is 0 Å². The standard InChI is InChI=1S/C11H14.2C11H18.C8H8/c1-4-5-2-9-8(1)10-6(4)3-7(5)11(9)10;1-3-9-7-10-4-2-6-11(10,5-1)8-9;1-2-4-10-9-5-6-11(10)8(3-1)7-9;1-2-5-3(1)7-4(1)6(2)8(5)7/h4-11H,1-3H2;9-10H,1-8H2;8-11H,1-7H2;1-8H. The van der Waals surface area contributed by atoms with E-state index in [1.807, 2.05) is 0 Å². The van der Waals surface area contributed by atoms with E-state index in [2.05, 4.69) is 0 Å². The minimum absolute atomic E-state index is 0.906. The molecule has 1 spiro atoms. The second-order valence-electron chi connectivity index (χ2n) is 20.6. The smallest absolute Gasteiger partial charge is 0.0266 e. The van der Waals surface area contributed by atoms with Gasteiger partial charge in [-0.15, -0.1) is 0 Å². The molecule has 41 heavy (non-hydrogen) atoms. The van der Waals surface area contributed by atoms with Crippen LogP contribution in [0.3, 0.4) is 0 Å². The van der Waals surface area contributed by atoms with Crippen LogP contribution in [0.1, 0.15) is 116 Å². The minimum atomic E-state index is 0.906. The number of rotatable bonds is 0. The van der Waals surface area contributed by atoms with Gasteiger partial charge in [0, 0.05) is 0 Å². The average molecular weight is 551 g/mol. The Bertz CT molecular complexity index is 999. The molecule has 0 saturated heterocycles. The van der Waals surface area contributed by atoms with E-state index in [1.165, 1.54) is 124 Å². The Kier molecular flexibility index (Phi) is 4.28. The fraction of sp³-hybridized carbons (Fsp3) is 1.00. The normalized spacial score (nSPS) is 73.2. The highest BCUT2D eigenvalue weighted by Crippen LogP contribution is 3.00. The van der Waals surface area contributed by atoms with E-state index in [4.69, 9.17) is 0 Å². The van der Waals surface area contributed by atoms with Gasteiger partial charge in [-0.05, 0) is 213 Å². The van der Waals surface area contributed by atoms with Gasteiger partial charge in [-0.2, -0.15) is 0 Å². The van der Waals surface area contributed by atoms with Crippen molar-refractivity contribution in [2.75, 3.05) is 0 Å². The highest BCUT2D eigenvalue weighted by molar-refractivity contribution is 5.44. The fourth-order valence-corrected chi connectivity index (χ4v) is 20.2. The van der Waals surface area contributed by atoms with Crippen LogP contribution >= 0.6 is 0 Å². The molecular formula is C41H58. The van der Waals surface area contributed by atoms with Gasteiger partial charge in [-0.3, -0.25) is 0 Å². The first kappa shape index (κ1) is 23.4. The van der Waals surface area contributed by atoms with Gasteiger partial charge in [0.1, 0.15) is 0 Å². The predicted molar refractivity (Wildman–Crippen MR) is 162 cm³/mol. The molecule has 15 atom stereocenters. The van der Waals surface area contributed by atoms with E-state index in [-0.39, 0.29) is 0 Å². The van der Waals surface area contributed by atoms with Crippen molar-refractivity contribution in [3.63, 3.8) is 0 Å². The lowest BCUT2D eigenvalue weighted by molar-refractivity contribution is -0.565. The minimum Gasteiger partial charge on any atom is -0.0530 e. The molecule has 222 valence electrons. The first-order valence-corrected chi connectivity index (χ1v) is 20.3. The molecule has 0 radical (unpaired) electrons. The van der Waals surface area contributed by atoms with Crippen LogP contribution in [0.15, 0.2) is 0 Å². The predicted octanol–water partition coefficient (Wildman–Crippen LogP) is 9.73. The molecule has 0 aromatic rings. The summed E-state index contributed by atoms with van der Waals surface area (Å²) in [6.07, 6.45) is 28.8. The van der Waals surface area contributed by atoms with Crippen molar-refractivity contribution in [1.29, 1.82) is 0 Å². The molecule has 0 N–H and O–H groups in total. The third kappa shape index (κ3) is 2.47. The van der Waals surface area contributed by atoms with Gasteiger partial charge in [-0.1, -0.05) is 38.5 Å². The Labute approximate surface area is 250 Å². The molecule has 0 nitrogen and oxygen atoms in total. The second-order valence-corrected chi connectivity index (χ2v) is 20.6. The van der Waals surface area contributed by atoms with Crippen LogP contribution < -0.4 is 0 Å². The van der Waals surface area contributed by atoms with E-state index in [0.717, 1.165) is 11.3 Å². The van der Waals surface area contributed by atoms with E-state index in [9.17, 15) is 0 Å². The largest absolute Gasteiger partial charge is 0.0530 e. The quantitative estimate of drug-likeness (QED) is 0.282. The Morgan fingerprint density at radius 2 is 0.878 bits per heavy atom. The van der Waals surface area contributed by atoms with Crippen LogP contribution in [-0.4, -0.2) is 0 Å². The zero-order valence-corrected chi connectivity index (χ0v) is 25.9. The molecule has 17 aliphatic rings. The molecule has 17 rings (SSSR count). The Balaban J connectivity index is 0.0000000655. The fourth-order valence-electron chi connectivity index (χ4n) is 20.2. The molecule has 0 amide bonds. The average Bonchev–Trinajstić information content (AvgIpc) is 3.81. The van der Waals surface area contributed by atoms with Crippen LogP contribution in [0.4, 0.5) is 0 Å². The summed E-state index contributed by atoms with van der Waals surface area (Å²) in [5, 5.41) is 0. The summed E-state index contributed by atoms with van der Waals surface area (Å²) in [5.41, 5.74) is 0.906. The molecule has 0 heteroatoms. The number of hydrogen-bond donors (Lipinski definition) is 0. The van der Waals surface area contributed by atoms with Crippen molar-refractivity contribution in [3.8, 4) is 0 Å². The molecular weight excluding hydrogens is 492 g/mol. The van der Waals surface area contributed by atoms with Crippen molar-refractivity contribution in [2.24, 2.45) is 136 Å². The molecule has 17 saturated carbocycles. The van der Waals surface area contributed by atoms with Crippen LogP contribution in [-0.2, 0) is 0 Å². The summed E-state index contributed by atoms with van der Waals surface area (Å²) < 4.78 is 0. The van der Waals surface area contributed by atoms with Crippen LogP contribution in [0.25, 0.3) is 0 Å². The molecule has 0 aromatic heterocycles. The van der Waals surface area contributed by atoms with Gasteiger partial charge in [0.05, 0.1) is 0 Å². The van der Waals surface area contributed by atoms with Crippen LogP contribution in [0.2, 0.25) is 0 Å². The lowest BCUT2D eigenvalue weighted by Crippen LogP contribution is -3.00. The van der Waals surface area contributed by atoms with Gasteiger partial charge in [0.2, 0.25) is 0 Å². The number of hydrogen-bond acceptors (Lipinski definition) is 0. The zero-order valence-electron chi connectivity index (χ0n) is 25.9. The van der Waals surface area contributed by atoms with Crippen molar-refractivity contribution in [2.45, 2.75) is 116 Å². The zero-order chi connectivity index (χ0) is 25.9. The summed E-state index contributed by atoms with van der Waals surface area (Å²) in [5.74, 6) is 27.9. The topological polar surface area (TPSA) is 0 Å². The van der Waals surface area contributed by atoms with E-state index in [0.29, 0.717) is 0 Å². The first-order chi connectivity index (χ1) is 20.3. The van der Waals surface area contributed by atoms with Crippen molar-refractivity contribution in [1.82, 2.24) is 0 Å². The van der Waals surface area contributed by atoms with Crippen LogP contribution in [0, 0.1) is 136 Å². The van der Waals surface area contributed by atoms with Gasteiger partial charge in [0.25, 0.3) is 0 Å². The first-order valence-electron chi connectivity index (χ1n) is 20.3. The highest BCUT2D eigenvalue weighted by Gasteiger charge is 2.97. The Hall–Kier alpha value is 0.